The summed E-state index contributed by atoms with van der Waals surface area (Å²) in [5.74, 6) is 0.904. The van der Waals surface area contributed by atoms with Crippen LogP contribution >= 0.6 is 0 Å². The minimum atomic E-state index is -0.0416. The van der Waals surface area contributed by atoms with Crippen LogP contribution in [0.15, 0.2) is 23.2 Å². The highest BCUT2D eigenvalue weighted by Crippen LogP contribution is 2.19. The van der Waals surface area contributed by atoms with E-state index < -0.39 is 0 Å². The third-order valence-corrected chi connectivity index (χ3v) is 2.71. The predicted molar refractivity (Wildman–Crippen MR) is 67.0 cm³/mol. The van der Waals surface area contributed by atoms with Crippen LogP contribution < -0.4 is 17.2 Å². The summed E-state index contributed by atoms with van der Waals surface area (Å²) < 4.78 is 0. The first-order valence-corrected chi connectivity index (χ1v) is 5.31. The van der Waals surface area contributed by atoms with Gasteiger partial charge >= 0.3 is 0 Å². The van der Waals surface area contributed by atoms with Gasteiger partial charge in [0.2, 0.25) is 0 Å². The van der Waals surface area contributed by atoms with E-state index in [1.54, 1.807) is 6.07 Å². The molecule has 1 aromatic carbocycles. The molecule has 0 fully saturated rings. The lowest BCUT2D eigenvalue weighted by atomic mass is 10.1. The predicted octanol–water partition coefficient (Wildman–Crippen LogP) is 0.218. The molecule has 86 valence electrons. The molecule has 1 unspecified atom stereocenters. The lowest BCUT2D eigenvalue weighted by Crippen LogP contribution is -2.42. The van der Waals surface area contributed by atoms with E-state index in [0.717, 1.165) is 24.5 Å². The van der Waals surface area contributed by atoms with Gasteiger partial charge in [-0.1, -0.05) is 0 Å². The van der Waals surface area contributed by atoms with E-state index in [2.05, 4.69) is 9.89 Å². The summed E-state index contributed by atoms with van der Waals surface area (Å²) in [5, 5.41) is 0. The topological polar surface area (TPSA) is 93.7 Å². The Morgan fingerprint density at radius 1 is 1.31 bits per heavy atom. The molecular weight excluding hydrogens is 202 g/mol. The van der Waals surface area contributed by atoms with Crippen LogP contribution in [-0.2, 0) is 0 Å². The molecule has 5 heteroatoms. The molecule has 6 N–H and O–H groups in total. The molecule has 16 heavy (non-hydrogen) atoms. The van der Waals surface area contributed by atoms with Crippen molar-refractivity contribution in [1.29, 1.82) is 0 Å². The second kappa shape index (κ2) is 4.02. The highest BCUT2D eigenvalue weighted by Gasteiger charge is 2.21. The number of hydrogen-bond acceptors (Lipinski definition) is 5. The normalized spacial score (nSPS) is 17.4. The molecule has 1 heterocycles. The average Bonchev–Trinajstić information content (AvgIpc) is 2.71. The largest absolute Gasteiger partial charge is 0.397 e. The van der Waals surface area contributed by atoms with Gasteiger partial charge in [-0.3, -0.25) is 4.99 Å². The maximum absolute atomic E-state index is 5.88. The van der Waals surface area contributed by atoms with E-state index in [1.165, 1.54) is 0 Å². The van der Waals surface area contributed by atoms with E-state index in [-0.39, 0.29) is 6.17 Å². The lowest BCUT2D eigenvalue weighted by molar-refractivity contribution is 0.366. The number of aliphatic imine (C=N–C) groups is 1. The van der Waals surface area contributed by atoms with Gasteiger partial charge in [0.15, 0.2) is 0 Å². The van der Waals surface area contributed by atoms with Gasteiger partial charge in [-0.25, -0.2) is 0 Å². The number of benzene rings is 1. The second-order valence-electron chi connectivity index (χ2n) is 3.98. The zero-order valence-corrected chi connectivity index (χ0v) is 9.35. The van der Waals surface area contributed by atoms with Gasteiger partial charge in [-0.2, -0.15) is 0 Å². The van der Waals surface area contributed by atoms with E-state index in [1.807, 2.05) is 19.1 Å². The Balaban J connectivity index is 2.33. The zero-order valence-electron chi connectivity index (χ0n) is 9.35. The van der Waals surface area contributed by atoms with Crippen molar-refractivity contribution in [2.24, 2.45) is 10.7 Å². The molecule has 0 saturated heterocycles. The smallest absolute Gasteiger partial charge is 0.132 e. The van der Waals surface area contributed by atoms with Gasteiger partial charge in [-0.15, -0.1) is 0 Å². The first kappa shape index (κ1) is 10.8. The van der Waals surface area contributed by atoms with Crippen LogP contribution in [0.3, 0.4) is 0 Å². The fraction of sp³-hybridized carbons (Fsp3) is 0.364. The van der Waals surface area contributed by atoms with Crippen LogP contribution in [0.25, 0.3) is 0 Å². The fourth-order valence-corrected chi connectivity index (χ4v) is 1.83. The maximum Gasteiger partial charge on any atom is 0.132 e. The third kappa shape index (κ3) is 1.81. The van der Waals surface area contributed by atoms with Gasteiger partial charge in [0.05, 0.1) is 24.1 Å². The summed E-state index contributed by atoms with van der Waals surface area (Å²) in [7, 11) is 0. The quantitative estimate of drug-likeness (QED) is 0.620. The van der Waals surface area contributed by atoms with Crippen LogP contribution in [0, 0.1) is 0 Å². The van der Waals surface area contributed by atoms with Crippen LogP contribution in [-0.4, -0.2) is 30.0 Å². The molecule has 1 aromatic rings. The Morgan fingerprint density at radius 2 is 2.06 bits per heavy atom. The highest BCUT2D eigenvalue weighted by atomic mass is 15.3. The van der Waals surface area contributed by atoms with Gasteiger partial charge in [-0.05, 0) is 25.1 Å². The molecule has 0 spiro atoms. The van der Waals surface area contributed by atoms with Crippen LogP contribution in [0.4, 0.5) is 11.4 Å². The van der Waals surface area contributed by atoms with Gasteiger partial charge in [0.25, 0.3) is 0 Å². The molecule has 5 nitrogen and oxygen atoms in total. The first-order chi connectivity index (χ1) is 7.59. The molecule has 2 rings (SSSR count). The maximum atomic E-state index is 5.88. The molecule has 0 saturated carbocycles. The van der Waals surface area contributed by atoms with E-state index >= 15 is 0 Å². The molecule has 0 amide bonds. The summed E-state index contributed by atoms with van der Waals surface area (Å²) >= 11 is 0. The van der Waals surface area contributed by atoms with Crippen molar-refractivity contribution in [3.8, 4) is 0 Å². The van der Waals surface area contributed by atoms with Crippen LogP contribution in [0.2, 0.25) is 0 Å². The van der Waals surface area contributed by atoms with Gasteiger partial charge in [0.1, 0.15) is 5.84 Å². The number of rotatable bonds is 2. The lowest BCUT2D eigenvalue weighted by Gasteiger charge is -2.24. The van der Waals surface area contributed by atoms with Crippen molar-refractivity contribution in [1.82, 2.24) is 4.90 Å². The third-order valence-electron chi connectivity index (χ3n) is 2.71. The van der Waals surface area contributed by atoms with Crippen molar-refractivity contribution >= 4 is 17.2 Å². The number of anilines is 2. The SMILES string of the molecule is CC(N)N1CCN=C1c1ccc(N)c(N)c1. The Bertz CT molecular complexity index is 424. The number of nitrogens with two attached hydrogens (primary N) is 3. The molecule has 0 bridgehead atoms. The average molecular weight is 219 g/mol. The second-order valence-corrected chi connectivity index (χ2v) is 3.98. The Morgan fingerprint density at radius 3 is 2.69 bits per heavy atom. The Kier molecular flexibility index (Phi) is 2.70. The molecular formula is C11H17N5. The van der Waals surface area contributed by atoms with Crippen molar-refractivity contribution in [2.75, 3.05) is 24.6 Å². The zero-order chi connectivity index (χ0) is 11.7. The first-order valence-electron chi connectivity index (χ1n) is 5.31. The Hall–Kier alpha value is -1.75. The molecule has 0 aromatic heterocycles. The molecule has 0 aliphatic carbocycles. The molecule has 1 aliphatic rings. The monoisotopic (exact) mass is 219 g/mol. The summed E-state index contributed by atoms with van der Waals surface area (Å²) in [5.41, 5.74) is 19.5. The van der Waals surface area contributed by atoms with Crippen molar-refractivity contribution < 1.29 is 0 Å². The molecule has 0 radical (unpaired) electrons. The van der Waals surface area contributed by atoms with E-state index in [4.69, 9.17) is 17.2 Å². The molecule has 1 atom stereocenters. The van der Waals surface area contributed by atoms with E-state index in [9.17, 15) is 0 Å². The van der Waals surface area contributed by atoms with Crippen LogP contribution in [0.1, 0.15) is 12.5 Å². The summed E-state index contributed by atoms with van der Waals surface area (Å²) in [6.45, 7) is 3.58. The fourth-order valence-electron chi connectivity index (χ4n) is 1.83. The Labute approximate surface area is 94.9 Å². The highest BCUT2D eigenvalue weighted by molar-refractivity contribution is 6.01. The van der Waals surface area contributed by atoms with Gasteiger partial charge < -0.3 is 22.1 Å². The molecule has 1 aliphatic heterocycles. The number of hydrogen-bond donors (Lipinski definition) is 3. The van der Waals surface area contributed by atoms with Crippen molar-refractivity contribution in [3.63, 3.8) is 0 Å². The van der Waals surface area contributed by atoms with Gasteiger partial charge in [0, 0.05) is 12.1 Å². The number of nitrogen functional groups attached to an aromatic ring is 2. The summed E-state index contributed by atoms with van der Waals surface area (Å²) in [4.78, 5) is 6.51. The minimum absolute atomic E-state index is 0.0416. The standard InChI is InChI=1S/C11H17N5/c1-7(12)16-5-4-15-11(16)8-2-3-9(13)10(14)6-8/h2-3,6-7H,4-5,12-14H2,1H3. The van der Waals surface area contributed by atoms with Crippen molar-refractivity contribution in [3.05, 3.63) is 23.8 Å². The number of nitrogens with zero attached hydrogens (tertiary/aromatic N) is 2. The van der Waals surface area contributed by atoms with E-state index in [0.29, 0.717) is 11.4 Å². The van der Waals surface area contributed by atoms with Crippen LogP contribution in [0.5, 0.6) is 0 Å². The van der Waals surface area contributed by atoms with Crippen molar-refractivity contribution in [2.45, 2.75) is 13.1 Å². The number of amidine groups is 1. The summed E-state index contributed by atoms with van der Waals surface area (Å²) in [6, 6.07) is 5.56. The summed E-state index contributed by atoms with van der Waals surface area (Å²) in [6.07, 6.45) is -0.0416. The minimum Gasteiger partial charge on any atom is -0.397 e.